The van der Waals surface area contributed by atoms with Crippen molar-refractivity contribution in [1.29, 1.82) is 0 Å². The predicted octanol–water partition coefficient (Wildman–Crippen LogP) is 2.90. The minimum atomic E-state index is -0.280. The summed E-state index contributed by atoms with van der Waals surface area (Å²) in [5, 5.41) is 11.7. The van der Waals surface area contributed by atoms with Gasteiger partial charge in [0.25, 0.3) is 5.91 Å². The smallest absolute Gasteiger partial charge is 0.261 e. The monoisotopic (exact) mass is 307 g/mol. The Hall–Kier alpha value is -2.15. The molecule has 1 aromatic carbocycles. The van der Waals surface area contributed by atoms with Crippen LogP contribution in [0.5, 0.6) is 11.5 Å². The Kier molecular flexibility index (Phi) is 5.10. The van der Waals surface area contributed by atoms with Crippen molar-refractivity contribution in [2.24, 2.45) is 0 Å². The van der Waals surface area contributed by atoms with Gasteiger partial charge in [-0.2, -0.15) is 0 Å². The first-order valence-corrected chi connectivity index (χ1v) is 7.46. The van der Waals surface area contributed by atoms with Gasteiger partial charge >= 0.3 is 0 Å². The lowest BCUT2D eigenvalue weighted by molar-refractivity contribution is 0.102. The third-order valence-electron chi connectivity index (χ3n) is 2.56. The molecule has 0 aliphatic heterocycles. The molecule has 0 aliphatic rings. The molecule has 0 spiro atoms. The molecule has 1 aromatic heterocycles. The molecule has 2 rings (SSSR count). The van der Waals surface area contributed by atoms with Gasteiger partial charge in [-0.1, -0.05) is 11.3 Å². The van der Waals surface area contributed by atoms with E-state index in [0.717, 1.165) is 5.01 Å². The summed E-state index contributed by atoms with van der Waals surface area (Å²) in [5.41, 5.74) is 0.438. The molecule has 0 bridgehead atoms. The third-order valence-corrected chi connectivity index (χ3v) is 3.31. The highest BCUT2D eigenvalue weighted by molar-refractivity contribution is 7.15. The van der Waals surface area contributed by atoms with Crippen molar-refractivity contribution in [1.82, 2.24) is 10.2 Å². The first kappa shape index (κ1) is 15.2. The largest absolute Gasteiger partial charge is 0.494 e. The van der Waals surface area contributed by atoms with Gasteiger partial charge in [0.05, 0.1) is 18.8 Å². The van der Waals surface area contributed by atoms with Crippen LogP contribution in [0.15, 0.2) is 18.2 Å². The lowest BCUT2D eigenvalue weighted by Gasteiger charge is -2.11. The molecule has 0 saturated carbocycles. The van der Waals surface area contributed by atoms with Gasteiger partial charge in [0, 0.05) is 6.07 Å². The summed E-state index contributed by atoms with van der Waals surface area (Å²) in [5.74, 6) is 0.879. The number of aromatic nitrogens is 2. The molecule has 21 heavy (non-hydrogen) atoms. The Bertz CT molecular complexity index is 628. The number of nitrogens with zero attached hydrogens (tertiary/aromatic N) is 2. The number of amides is 1. The van der Waals surface area contributed by atoms with E-state index in [4.69, 9.17) is 9.47 Å². The van der Waals surface area contributed by atoms with Gasteiger partial charge in [-0.15, -0.1) is 10.2 Å². The minimum absolute atomic E-state index is 0.280. The molecule has 0 saturated heterocycles. The molecule has 0 radical (unpaired) electrons. The molecule has 112 valence electrons. The average molecular weight is 307 g/mol. The van der Waals surface area contributed by atoms with Crippen molar-refractivity contribution in [3.05, 3.63) is 28.8 Å². The van der Waals surface area contributed by atoms with Gasteiger partial charge in [0.2, 0.25) is 5.13 Å². The molecule has 0 fully saturated rings. The molecule has 0 unspecified atom stereocenters. The first-order chi connectivity index (χ1) is 10.1. The van der Waals surface area contributed by atoms with Crippen LogP contribution in [-0.2, 0) is 0 Å². The molecule has 0 atom stereocenters. The fraction of sp³-hybridized carbons (Fsp3) is 0.357. The maximum Gasteiger partial charge on any atom is 0.261 e. The summed E-state index contributed by atoms with van der Waals surface area (Å²) in [6, 6.07) is 5.14. The quantitative estimate of drug-likeness (QED) is 0.888. The zero-order valence-electron chi connectivity index (χ0n) is 12.2. The Labute approximate surface area is 127 Å². The number of nitrogens with one attached hydrogen (secondary N) is 1. The third kappa shape index (κ3) is 3.91. The highest BCUT2D eigenvalue weighted by Crippen LogP contribution is 2.26. The van der Waals surface area contributed by atoms with Crippen molar-refractivity contribution in [3.63, 3.8) is 0 Å². The second kappa shape index (κ2) is 7.03. The van der Waals surface area contributed by atoms with Crippen LogP contribution in [-0.4, -0.2) is 29.3 Å². The molecule has 7 heteroatoms. The van der Waals surface area contributed by atoms with Crippen molar-refractivity contribution < 1.29 is 14.3 Å². The number of hydrogen-bond acceptors (Lipinski definition) is 6. The Morgan fingerprint density at radius 3 is 2.62 bits per heavy atom. The number of hydrogen-bond donors (Lipinski definition) is 1. The number of ether oxygens (including phenoxy) is 2. The maximum atomic E-state index is 12.3. The van der Waals surface area contributed by atoms with E-state index >= 15 is 0 Å². The Morgan fingerprint density at radius 1 is 1.24 bits per heavy atom. The van der Waals surface area contributed by atoms with E-state index in [2.05, 4.69) is 15.5 Å². The van der Waals surface area contributed by atoms with E-state index in [0.29, 0.717) is 35.4 Å². The SMILES string of the molecule is CCOc1ccc(C(=O)Nc2nnc(C)s2)c(OCC)c1. The summed E-state index contributed by atoms with van der Waals surface area (Å²) in [4.78, 5) is 12.3. The zero-order valence-corrected chi connectivity index (χ0v) is 13.0. The number of anilines is 1. The van der Waals surface area contributed by atoms with Gasteiger partial charge in [-0.25, -0.2) is 0 Å². The van der Waals surface area contributed by atoms with Crippen LogP contribution in [0.3, 0.4) is 0 Å². The minimum Gasteiger partial charge on any atom is -0.494 e. The summed E-state index contributed by atoms with van der Waals surface area (Å²) in [6.07, 6.45) is 0. The van der Waals surface area contributed by atoms with E-state index in [1.165, 1.54) is 11.3 Å². The number of carbonyl (C=O) groups excluding carboxylic acids is 1. The molecule has 0 aliphatic carbocycles. The fourth-order valence-corrected chi connectivity index (χ4v) is 2.32. The zero-order chi connectivity index (χ0) is 15.2. The van der Waals surface area contributed by atoms with Gasteiger partial charge < -0.3 is 9.47 Å². The van der Waals surface area contributed by atoms with Gasteiger partial charge in [-0.3, -0.25) is 10.1 Å². The van der Waals surface area contributed by atoms with Gasteiger partial charge in [0.1, 0.15) is 16.5 Å². The number of carbonyl (C=O) groups is 1. The van der Waals surface area contributed by atoms with Crippen LogP contribution in [0.25, 0.3) is 0 Å². The van der Waals surface area contributed by atoms with Crippen LogP contribution in [0.4, 0.5) is 5.13 Å². The summed E-state index contributed by atoms with van der Waals surface area (Å²) >= 11 is 1.32. The second-order valence-corrected chi connectivity index (χ2v) is 5.29. The highest BCUT2D eigenvalue weighted by Gasteiger charge is 2.15. The summed E-state index contributed by atoms with van der Waals surface area (Å²) in [6.45, 7) is 6.62. The fourth-order valence-electron chi connectivity index (χ4n) is 1.73. The van der Waals surface area contributed by atoms with E-state index in [-0.39, 0.29) is 5.91 Å². The lowest BCUT2D eigenvalue weighted by Crippen LogP contribution is -2.13. The van der Waals surface area contributed by atoms with Crippen molar-refractivity contribution in [3.8, 4) is 11.5 Å². The summed E-state index contributed by atoms with van der Waals surface area (Å²) in [7, 11) is 0. The highest BCUT2D eigenvalue weighted by atomic mass is 32.1. The molecule has 6 nitrogen and oxygen atoms in total. The molecular weight excluding hydrogens is 290 g/mol. The standard InChI is InChI=1S/C14H17N3O3S/c1-4-19-10-6-7-11(12(8-10)20-5-2)13(18)15-14-17-16-9(3)21-14/h6-8H,4-5H2,1-3H3,(H,15,17,18). The molecule has 1 heterocycles. The van der Waals surface area contributed by atoms with Crippen LogP contribution < -0.4 is 14.8 Å². The predicted molar refractivity (Wildman–Crippen MR) is 81.4 cm³/mol. The van der Waals surface area contributed by atoms with E-state index < -0.39 is 0 Å². The molecular formula is C14H17N3O3S. The number of aryl methyl sites for hydroxylation is 1. The molecule has 1 N–H and O–H groups in total. The second-order valence-electron chi connectivity index (χ2n) is 4.10. The van der Waals surface area contributed by atoms with Crippen molar-refractivity contribution >= 4 is 22.4 Å². The number of rotatable bonds is 6. The van der Waals surface area contributed by atoms with Crippen molar-refractivity contribution in [2.75, 3.05) is 18.5 Å². The van der Waals surface area contributed by atoms with Crippen LogP contribution in [0.2, 0.25) is 0 Å². The van der Waals surface area contributed by atoms with Crippen LogP contribution in [0.1, 0.15) is 29.2 Å². The van der Waals surface area contributed by atoms with Crippen molar-refractivity contribution in [2.45, 2.75) is 20.8 Å². The number of benzene rings is 1. The van der Waals surface area contributed by atoms with E-state index in [9.17, 15) is 4.79 Å². The van der Waals surface area contributed by atoms with Gasteiger partial charge in [-0.05, 0) is 32.9 Å². The normalized spacial score (nSPS) is 10.2. The maximum absolute atomic E-state index is 12.3. The topological polar surface area (TPSA) is 73.3 Å². The van der Waals surface area contributed by atoms with E-state index in [1.807, 2.05) is 20.8 Å². The average Bonchev–Trinajstić information content (AvgIpc) is 2.85. The Morgan fingerprint density at radius 2 is 2.00 bits per heavy atom. The van der Waals surface area contributed by atoms with Crippen LogP contribution >= 0.6 is 11.3 Å². The lowest BCUT2D eigenvalue weighted by atomic mass is 10.2. The Balaban J connectivity index is 2.22. The first-order valence-electron chi connectivity index (χ1n) is 6.65. The van der Waals surface area contributed by atoms with Crippen LogP contribution in [0, 0.1) is 6.92 Å². The van der Waals surface area contributed by atoms with Gasteiger partial charge in [0.15, 0.2) is 0 Å². The molecule has 2 aromatic rings. The molecule has 1 amide bonds. The summed E-state index contributed by atoms with van der Waals surface area (Å²) < 4.78 is 10.9. The van der Waals surface area contributed by atoms with E-state index in [1.54, 1.807) is 18.2 Å².